The van der Waals surface area contributed by atoms with Gasteiger partial charge in [-0.25, -0.2) is 4.79 Å². The van der Waals surface area contributed by atoms with Gasteiger partial charge in [-0.2, -0.15) is 0 Å². The second kappa shape index (κ2) is 7.87. The molecule has 5 heteroatoms. The molecule has 3 aromatic carbocycles. The van der Waals surface area contributed by atoms with E-state index in [1.54, 1.807) is 44.4 Å². The first-order valence-corrected chi connectivity index (χ1v) is 9.47. The van der Waals surface area contributed by atoms with Crippen LogP contribution in [-0.2, 0) is 0 Å². The smallest absolute Gasteiger partial charge is 0.343 e. The molecule has 5 nitrogen and oxygen atoms in total. The molecule has 0 saturated heterocycles. The predicted molar refractivity (Wildman–Crippen MR) is 113 cm³/mol. The van der Waals surface area contributed by atoms with Gasteiger partial charge in [-0.3, -0.25) is 4.79 Å². The van der Waals surface area contributed by atoms with E-state index in [0.29, 0.717) is 33.9 Å². The Morgan fingerprint density at radius 3 is 2.57 bits per heavy atom. The number of hydrogen-bond acceptors (Lipinski definition) is 5. The monoisotopic (exact) mass is 400 g/mol. The molecule has 4 rings (SSSR count). The molecule has 0 fully saturated rings. The number of ketones is 1. The first-order chi connectivity index (χ1) is 14.5. The number of aryl methyl sites for hydroxylation is 1. The van der Waals surface area contributed by atoms with Crippen molar-refractivity contribution in [3.63, 3.8) is 0 Å². The molecule has 30 heavy (non-hydrogen) atoms. The number of carbonyl (C=O) groups excluding carboxylic acids is 2. The standard InChI is InChI=1S/C25H20O5/c1-15-7-4-5-10-19(15)25(27)30-21-12-11-20-23(26)22(29-24(20)16(21)2)14-17-8-6-9-18(13-17)28-3/h4-14H,1-3H3/b22-14-. The summed E-state index contributed by atoms with van der Waals surface area (Å²) in [4.78, 5) is 25.3. The fourth-order valence-electron chi connectivity index (χ4n) is 3.32. The molecule has 0 aromatic heterocycles. The molecule has 0 radical (unpaired) electrons. The Balaban J connectivity index is 1.62. The average molecular weight is 400 g/mol. The number of rotatable bonds is 4. The number of ether oxygens (including phenoxy) is 3. The van der Waals surface area contributed by atoms with Crippen molar-refractivity contribution in [2.24, 2.45) is 0 Å². The third-order valence-electron chi connectivity index (χ3n) is 5.00. The molecule has 0 N–H and O–H groups in total. The number of fused-ring (bicyclic) bond motifs is 1. The van der Waals surface area contributed by atoms with Crippen molar-refractivity contribution in [2.75, 3.05) is 7.11 Å². The second-order valence-electron chi connectivity index (χ2n) is 6.99. The van der Waals surface area contributed by atoms with Gasteiger partial charge in [0, 0.05) is 5.56 Å². The summed E-state index contributed by atoms with van der Waals surface area (Å²) in [5, 5.41) is 0. The van der Waals surface area contributed by atoms with Gasteiger partial charge in [0.25, 0.3) is 0 Å². The first-order valence-electron chi connectivity index (χ1n) is 9.47. The van der Waals surface area contributed by atoms with Crippen LogP contribution in [0.1, 0.15) is 37.4 Å². The minimum atomic E-state index is -0.451. The fraction of sp³-hybridized carbons (Fsp3) is 0.120. The molecule has 0 bridgehead atoms. The number of benzene rings is 3. The van der Waals surface area contributed by atoms with Gasteiger partial charge in [-0.15, -0.1) is 0 Å². The highest BCUT2D eigenvalue weighted by atomic mass is 16.5. The Morgan fingerprint density at radius 2 is 1.80 bits per heavy atom. The van der Waals surface area contributed by atoms with Crippen LogP contribution in [0.2, 0.25) is 0 Å². The van der Waals surface area contributed by atoms with E-state index in [1.165, 1.54) is 0 Å². The van der Waals surface area contributed by atoms with Crippen molar-refractivity contribution in [1.29, 1.82) is 0 Å². The lowest BCUT2D eigenvalue weighted by molar-refractivity contribution is 0.0732. The maximum atomic E-state index is 12.8. The quantitative estimate of drug-likeness (QED) is 0.344. The van der Waals surface area contributed by atoms with E-state index in [2.05, 4.69) is 0 Å². The Morgan fingerprint density at radius 1 is 1.00 bits per heavy atom. The van der Waals surface area contributed by atoms with Crippen LogP contribution < -0.4 is 14.2 Å². The maximum absolute atomic E-state index is 12.8. The van der Waals surface area contributed by atoms with Crippen molar-refractivity contribution in [1.82, 2.24) is 0 Å². The zero-order chi connectivity index (χ0) is 21.3. The summed E-state index contributed by atoms with van der Waals surface area (Å²) >= 11 is 0. The molecule has 0 atom stereocenters. The van der Waals surface area contributed by atoms with Crippen molar-refractivity contribution in [3.05, 3.63) is 94.2 Å². The zero-order valence-corrected chi connectivity index (χ0v) is 16.9. The fourth-order valence-corrected chi connectivity index (χ4v) is 3.32. The second-order valence-corrected chi connectivity index (χ2v) is 6.99. The third kappa shape index (κ3) is 3.57. The first kappa shape index (κ1) is 19.5. The number of carbonyl (C=O) groups is 2. The van der Waals surface area contributed by atoms with E-state index in [-0.39, 0.29) is 11.5 Å². The van der Waals surface area contributed by atoms with Crippen LogP contribution in [0.25, 0.3) is 6.08 Å². The number of allylic oxidation sites excluding steroid dienone is 1. The molecular formula is C25H20O5. The van der Waals surface area contributed by atoms with Gasteiger partial charge in [-0.1, -0.05) is 30.3 Å². The molecule has 0 aliphatic carbocycles. The lowest BCUT2D eigenvalue weighted by Crippen LogP contribution is -2.11. The normalized spacial score (nSPS) is 13.7. The lowest BCUT2D eigenvalue weighted by Gasteiger charge is -2.11. The third-order valence-corrected chi connectivity index (χ3v) is 5.00. The van der Waals surface area contributed by atoms with Gasteiger partial charge in [0.2, 0.25) is 5.78 Å². The summed E-state index contributed by atoms with van der Waals surface area (Å²) in [7, 11) is 1.59. The van der Waals surface area contributed by atoms with Gasteiger partial charge in [0.05, 0.1) is 18.2 Å². The largest absolute Gasteiger partial charge is 0.497 e. The molecule has 0 spiro atoms. The summed E-state index contributed by atoms with van der Waals surface area (Å²) in [6.45, 7) is 3.62. The Labute approximate surface area is 174 Å². The Bertz CT molecular complexity index is 1190. The minimum absolute atomic E-state index is 0.212. The van der Waals surface area contributed by atoms with Crippen molar-refractivity contribution in [3.8, 4) is 17.2 Å². The average Bonchev–Trinajstić information content (AvgIpc) is 3.06. The highest BCUT2D eigenvalue weighted by Crippen LogP contribution is 2.39. The topological polar surface area (TPSA) is 61.8 Å². The van der Waals surface area contributed by atoms with E-state index in [0.717, 1.165) is 11.1 Å². The van der Waals surface area contributed by atoms with Gasteiger partial charge < -0.3 is 14.2 Å². The highest BCUT2D eigenvalue weighted by Gasteiger charge is 2.30. The van der Waals surface area contributed by atoms with E-state index in [1.807, 2.05) is 43.3 Å². The summed E-state index contributed by atoms with van der Waals surface area (Å²) in [6, 6.07) is 17.8. The summed E-state index contributed by atoms with van der Waals surface area (Å²) in [6.07, 6.45) is 1.67. The lowest BCUT2D eigenvalue weighted by atomic mass is 10.1. The van der Waals surface area contributed by atoms with E-state index in [9.17, 15) is 9.59 Å². The Hall–Kier alpha value is -3.86. The van der Waals surface area contributed by atoms with Gasteiger partial charge in [0.15, 0.2) is 5.76 Å². The predicted octanol–water partition coefficient (Wildman–Crippen LogP) is 5.15. The summed E-state index contributed by atoms with van der Waals surface area (Å²) < 4.78 is 16.7. The molecule has 3 aromatic rings. The van der Waals surface area contributed by atoms with Crippen LogP contribution >= 0.6 is 0 Å². The van der Waals surface area contributed by atoms with E-state index < -0.39 is 5.97 Å². The van der Waals surface area contributed by atoms with Crippen LogP contribution in [-0.4, -0.2) is 18.9 Å². The molecule has 0 unspecified atom stereocenters. The van der Waals surface area contributed by atoms with E-state index in [4.69, 9.17) is 14.2 Å². The number of hydrogen-bond donors (Lipinski definition) is 0. The van der Waals surface area contributed by atoms with Crippen LogP contribution in [0.5, 0.6) is 17.2 Å². The van der Waals surface area contributed by atoms with Crippen molar-refractivity contribution in [2.45, 2.75) is 13.8 Å². The van der Waals surface area contributed by atoms with E-state index >= 15 is 0 Å². The Kier molecular flexibility index (Phi) is 5.11. The SMILES string of the molecule is COc1cccc(/C=C2\Oc3c(ccc(OC(=O)c4ccccc4C)c3C)C2=O)c1. The van der Waals surface area contributed by atoms with Gasteiger partial charge >= 0.3 is 5.97 Å². The number of Topliss-reactive ketones (excluding diaryl/α,β-unsaturated/α-hetero) is 1. The molecule has 1 aliphatic heterocycles. The summed E-state index contributed by atoms with van der Waals surface area (Å²) in [5.41, 5.74) is 3.15. The van der Waals surface area contributed by atoms with Crippen LogP contribution in [0.3, 0.4) is 0 Å². The minimum Gasteiger partial charge on any atom is -0.497 e. The number of esters is 1. The zero-order valence-electron chi connectivity index (χ0n) is 16.9. The van der Waals surface area contributed by atoms with Crippen molar-refractivity contribution < 1.29 is 23.8 Å². The molecule has 0 amide bonds. The maximum Gasteiger partial charge on any atom is 0.343 e. The molecule has 1 heterocycles. The molecular weight excluding hydrogens is 380 g/mol. The van der Waals surface area contributed by atoms with Gasteiger partial charge in [0.1, 0.15) is 17.2 Å². The molecule has 150 valence electrons. The van der Waals surface area contributed by atoms with Crippen LogP contribution in [0.15, 0.2) is 66.4 Å². The van der Waals surface area contributed by atoms with Gasteiger partial charge in [-0.05, 0) is 61.4 Å². The number of methoxy groups -OCH3 is 1. The van der Waals surface area contributed by atoms with Crippen LogP contribution in [0, 0.1) is 13.8 Å². The van der Waals surface area contributed by atoms with Crippen LogP contribution in [0.4, 0.5) is 0 Å². The highest BCUT2D eigenvalue weighted by molar-refractivity contribution is 6.15. The summed E-state index contributed by atoms with van der Waals surface area (Å²) in [5.74, 6) is 1.000. The van der Waals surface area contributed by atoms with Crippen molar-refractivity contribution >= 4 is 17.8 Å². The molecule has 1 aliphatic rings. The molecule has 0 saturated carbocycles.